The number of benzene rings is 2. The van der Waals surface area contributed by atoms with E-state index in [1.165, 1.54) is 25.3 Å². The highest BCUT2D eigenvalue weighted by Crippen LogP contribution is 2.28. The second-order valence-electron chi connectivity index (χ2n) is 4.35. The van der Waals surface area contributed by atoms with Crippen LogP contribution < -0.4 is 10.5 Å². The molecule has 108 valence electrons. The summed E-state index contributed by atoms with van der Waals surface area (Å²) in [6, 6.07) is 6.22. The zero-order valence-corrected chi connectivity index (χ0v) is 10.9. The van der Waals surface area contributed by atoms with Gasteiger partial charge in [0.25, 0.3) is 0 Å². The third kappa shape index (κ3) is 1.97. The van der Waals surface area contributed by atoms with Crippen LogP contribution in [0, 0.1) is 17.5 Å². The van der Waals surface area contributed by atoms with Crippen LogP contribution in [0.4, 0.5) is 19.1 Å². The average Bonchev–Trinajstić information content (AvgIpc) is 2.80. The number of nitrogens with two attached hydrogens (primary N) is 1. The maximum Gasteiger partial charge on any atom is 0.206 e. The first-order valence-electron chi connectivity index (χ1n) is 5.98. The number of anilines is 1. The van der Waals surface area contributed by atoms with Crippen LogP contribution >= 0.6 is 0 Å². The van der Waals surface area contributed by atoms with Crippen molar-refractivity contribution in [2.45, 2.75) is 0 Å². The Morgan fingerprint density at radius 2 is 1.86 bits per heavy atom. The number of imidazole rings is 1. The Kier molecular flexibility index (Phi) is 2.97. The normalized spacial score (nSPS) is 11.0. The highest BCUT2D eigenvalue weighted by molar-refractivity contribution is 5.81. The van der Waals surface area contributed by atoms with Gasteiger partial charge in [-0.05, 0) is 24.3 Å². The molecule has 0 bridgehead atoms. The lowest BCUT2D eigenvalue weighted by atomic mass is 10.2. The van der Waals surface area contributed by atoms with Gasteiger partial charge >= 0.3 is 0 Å². The van der Waals surface area contributed by atoms with Crippen LogP contribution in [0.15, 0.2) is 30.3 Å². The highest BCUT2D eigenvalue weighted by Gasteiger charge is 2.18. The predicted octanol–water partition coefficient (Wildman–Crippen LogP) is 3.03. The van der Waals surface area contributed by atoms with E-state index in [4.69, 9.17) is 10.5 Å². The van der Waals surface area contributed by atoms with Crippen molar-refractivity contribution in [1.29, 1.82) is 0 Å². The molecule has 0 unspecified atom stereocenters. The molecule has 1 aromatic heterocycles. The number of halogens is 3. The molecule has 2 aromatic carbocycles. The summed E-state index contributed by atoms with van der Waals surface area (Å²) in [5.41, 5.74) is 6.00. The van der Waals surface area contributed by atoms with Gasteiger partial charge in [0.15, 0.2) is 23.2 Å². The van der Waals surface area contributed by atoms with Crippen molar-refractivity contribution in [3.05, 3.63) is 47.8 Å². The number of nitrogens with zero attached hydrogens (tertiary/aromatic N) is 2. The molecule has 0 aliphatic carbocycles. The summed E-state index contributed by atoms with van der Waals surface area (Å²) >= 11 is 0. The van der Waals surface area contributed by atoms with Crippen LogP contribution in [-0.2, 0) is 0 Å². The summed E-state index contributed by atoms with van der Waals surface area (Å²) in [4.78, 5) is 3.94. The fourth-order valence-corrected chi connectivity index (χ4v) is 2.18. The Bertz CT molecular complexity index is 845. The van der Waals surface area contributed by atoms with Crippen molar-refractivity contribution >= 4 is 17.0 Å². The number of ether oxygens (including phenoxy) is 1. The van der Waals surface area contributed by atoms with E-state index in [1.54, 1.807) is 0 Å². The zero-order valence-electron chi connectivity index (χ0n) is 10.9. The van der Waals surface area contributed by atoms with Crippen molar-refractivity contribution in [3.63, 3.8) is 0 Å². The summed E-state index contributed by atoms with van der Waals surface area (Å²) < 4.78 is 47.1. The fraction of sp³-hybridized carbons (Fsp3) is 0.0714. The van der Waals surface area contributed by atoms with E-state index in [-0.39, 0.29) is 28.4 Å². The van der Waals surface area contributed by atoms with Gasteiger partial charge in [0, 0.05) is 6.07 Å². The van der Waals surface area contributed by atoms with Gasteiger partial charge in [0.1, 0.15) is 5.52 Å². The number of fused-ring (bicyclic) bond motifs is 1. The summed E-state index contributed by atoms with van der Waals surface area (Å²) in [6.45, 7) is 0. The zero-order chi connectivity index (χ0) is 15.1. The molecule has 0 spiro atoms. The molecule has 0 aliphatic heterocycles. The van der Waals surface area contributed by atoms with E-state index in [9.17, 15) is 13.2 Å². The maximum absolute atomic E-state index is 14.0. The number of methoxy groups -OCH3 is 1. The molecule has 4 nitrogen and oxygen atoms in total. The van der Waals surface area contributed by atoms with Crippen LogP contribution in [0.3, 0.4) is 0 Å². The van der Waals surface area contributed by atoms with Crippen molar-refractivity contribution in [2.24, 2.45) is 0 Å². The van der Waals surface area contributed by atoms with E-state index >= 15 is 0 Å². The molecule has 0 saturated carbocycles. The largest absolute Gasteiger partial charge is 0.494 e. The van der Waals surface area contributed by atoms with E-state index < -0.39 is 17.5 Å². The van der Waals surface area contributed by atoms with Gasteiger partial charge in [-0.2, -0.15) is 0 Å². The van der Waals surface area contributed by atoms with Gasteiger partial charge in [-0.1, -0.05) is 0 Å². The first-order chi connectivity index (χ1) is 10.0. The van der Waals surface area contributed by atoms with Crippen molar-refractivity contribution in [1.82, 2.24) is 9.55 Å². The molecule has 0 atom stereocenters. The molecule has 0 radical (unpaired) electrons. The molecule has 0 aliphatic rings. The van der Waals surface area contributed by atoms with Gasteiger partial charge in [-0.25, -0.2) is 18.2 Å². The number of hydrogen-bond donors (Lipinski definition) is 1. The highest BCUT2D eigenvalue weighted by atomic mass is 19.2. The van der Waals surface area contributed by atoms with Gasteiger partial charge in [0.2, 0.25) is 5.95 Å². The van der Waals surface area contributed by atoms with Crippen molar-refractivity contribution < 1.29 is 17.9 Å². The molecule has 21 heavy (non-hydrogen) atoms. The number of rotatable bonds is 2. The quantitative estimate of drug-likeness (QED) is 0.790. The fourth-order valence-electron chi connectivity index (χ4n) is 2.18. The number of hydrogen-bond acceptors (Lipinski definition) is 3. The van der Waals surface area contributed by atoms with Gasteiger partial charge in [0.05, 0.1) is 18.3 Å². The number of aromatic nitrogens is 2. The third-order valence-electron chi connectivity index (χ3n) is 3.13. The van der Waals surface area contributed by atoms with Gasteiger partial charge in [-0.15, -0.1) is 0 Å². The van der Waals surface area contributed by atoms with Crippen LogP contribution in [0.25, 0.3) is 16.7 Å². The molecule has 3 rings (SSSR count). The smallest absolute Gasteiger partial charge is 0.206 e. The van der Waals surface area contributed by atoms with Crippen LogP contribution in [0.5, 0.6) is 5.75 Å². The van der Waals surface area contributed by atoms with E-state index in [0.717, 1.165) is 16.7 Å². The lowest BCUT2D eigenvalue weighted by Gasteiger charge is -2.09. The molecule has 1 heterocycles. The Hall–Kier alpha value is -2.70. The summed E-state index contributed by atoms with van der Waals surface area (Å²) in [5, 5.41) is 0. The molecular weight excluding hydrogens is 283 g/mol. The minimum absolute atomic E-state index is 0.0356. The lowest BCUT2D eigenvalue weighted by molar-refractivity contribution is 0.386. The summed E-state index contributed by atoms with van der Waals surface area (Å²) in [7, 11) is 1.33. The average molecular weight is 293 g/mol. The molecule has 3 aromatic rings. The van der Waals surface area contributed by atoms with E-state index in [0.29, 0.717) is 0 Å². The summed E-state index contributed by atoms with van der Waals surface area (Å²) in [5.74, 6) is -2.80. The molecule has 7 heteroatoms. The van der Waals surface area contributed by atoms with Gasteiger partial charge in [-0.3, -0.25) is 4.57 Å². The minimum atomic E-state index is -1.09. The molecule has 0 fully saturated rings. The van der Waals surface area contributed by atoms with Crippen molar-refractivity contribution in [2.75, 3.05) is 12.8 Å². The maximum atomic E-state index is 14.0. The second kappa shape index (κ2) is 4.69. The Labute approximate surface area is 117 Å². The predicted molar refractivity (Wildman–Crippen MR) is 71.9 cm³/mol. The van der Waals surface area contributed by atoms with E-state index in [1.807, 2.05) is 0 Å². The third-order valence-corrected chi connectivity index (χ3v) is 3.13. The Morgan fingerprint density at radius 3 is 2.52 bits per heavy atom. The monoisotopic (exact) mass is 293 g/mol. The van der Waals surface area contributed by atoms with Crippen molar-refractivity contribution in [3.8, 4) is 11.4 Å². The van der Waals surface area contributed by atoms with Crippen LogP contribution in [0.2, 0.25) is 0 Å². The molecule has 0 saturated heterocycles. The van der Waals surface area contributed by atoms with E-state index in [2.05, 4.69) is 4.98 Å². The molecule has 2 N–H and O–H groups in total. The van der Waals surface area contributed by atoms with Gasteiger partial charge < -0.3 is 10.5 Å². The second-order valence-corrected chi connectivity index (χ2v) is 4.35. The molecule has 0 amide bonds. The summed E-state index contributed by atoms with van der Waals surface area (Å²) in [6.07, 6.45) is 0. The Balaban J connectivity index is 2.32. The number of nitrogen functional groups attached to an aromatic ring is 1. The standard InChI is InChI=1S/C14H10F3N3O/c1-21-11-5-2-7(6-9(11)16)20-13-10(19-14(20)18)4-3-8(15)12(13)17/h2-6H,1H3,(H2,18,19). The minimum Gasteiger partial charge on any atom is -0.494 e. The van der Waals surface area contributed by atoms with Crippen LogP contribution in [0.1, 0.15) is 0 Å². The SMILES string of the molecule is COc1ccc(-n2c(N)nc3ccc(F)c(F)c32)cc1F. The van der Waals surface area contributed by atoms with Crippen LogP contribution in [-0.4, -0.2) is 16.7 Å². The lowest BCUT2D eigenvalue weighted by Crippen LogP contribution is -2.03. The first kappa shape index (κ1) is 13.3. The molecular formula is C14H10F3N3O. The Morgan fingerprint density at radius 1 is 1.10 bits per heavy atom. The first-order valence-corrected chi connectivity index (χ1v) is 5.98. The topological polar surface area (TPSA) is 53.1 Å².